The van der Waals surface area contributed by atoms with Crippen LogP contribution in [0.25, 0.3) is 0 Å². The first-order valence-corrected chi connectivity index (χ1v) is 8.16. The summed E-state index contributed by atoms with van der Waals surface area (Å²) in [7, 11) is 0. The van der Waals surface area contributed by atoms with Gasteiger partial charge in [0.25, 0.3) is 0 Å². The predicted molar refractivity (Wildman–Crippen MR) is 84.1 cm³/mol. The minimum atomic E-state index is -0.0822. The maximum Gasteiger partial charge on any atom is 0.141 e. The van der Waals surface area contributed by atoms with E-state index < -0.39 is 0 Å². The van der Waals surface area contributed by atoms with E-state index in [9.17, 15) is 10.2 Å². The van der Waals surface area contributed by atoms with Gasteiger partial charge in [-0.25, -0.2) is 0 Å². The zero-order valence-electron chi connectivity index (χ0n) is 13.2. The Morgan fingerprint density at radius 1 is 1.29 bits per heavy atom. The SMILES string of the molecule is CCCC1CCC(NCc2c(CO)cnc(C)c2O)CC1. The quantitative estimate of drug-likeness (QED) is 0.754. The summed E-state index contributed by atoms with van der Waals surface area (Å²) in [5, 5.41) is 23.1. The molecule has 4 heteroatoms. The molecule has 3 N–H and O–H groups in total. The Kier molecular flexibility index (Phi) is 6.00. The van der Waals surface area contributed by atoms with Crippen LogP contribution in [-0.2, 0) is 13.2 Å². The monoisotopic (exact) mass is 292 g/mol. The lowest BCUT2D eigenvalue weighted by molar-refractivity contribution is 0.270. The number of hydrogen-bond acceptors (Lipinski definition) is 4. The van der Waals surface area contributed by atoms with Crippen molar-refractivity contribution in [1.29, 1.82) is 0 Å². The Morgan fingerprint density at radius 3 is 2.62 bits per heavy atom. The third kappa shape index (κ3) is 4.17. The van der Waals surface area contributed by atoms with Crippen molar-refractivity contribution in [3.63, 3.8) is 0 Å². The molecule has 0 aliphatic heterocycles. The molecule has 1 aromatic heterocycles. The summed E-state index contributed by atoms with van der Waals surface area (Å²) in [6, 6.07) is 0.525. The van der Waals surface area contributed by atoms with E-state index in [0.29, 0.717) is 23.8 Å². The molecule has 1 aliphatic carbocycles. The second-order valence-electron chi connectivity index (χ2n) is 6.24. The van der Waals surface area contributed by atoms with E-state index in [4.69, 9.17) is 0 Å². The van der Waals surface area contributed by atoms with E-state index in [1.165, 1.54) is 38.5 Å². The zero-order chi connectivity index (χ0) is 15.2. The van der Waals surface area contributed by atoms with E-state index in [1.54, 1.807) is 13.1 Å². The van der Waals surface area contributed by atoms with Gasteiger partial charge in [0.15, 0.2) is 0 Å². The molecule has 1 aromatic rings. The van der Waals surface area contributed by atoms with Crippen LogP contribution in [0.4, 0.5) is 0 Å². The van der Waals surface area contributed by atoms with E-state index in [1.807, 2.05) is 0 Å². The van der Waals surface area contributed by atoms with Crippen molar-refractivity contribution < 1.29 is 10.2 Å². The van der Waals surface area contributed by atoms with Crippen LogP contribution in [0.1, 0.15) is 62.3 Å². The van der Waals surface area contributed by atoms with E-state index in [2.05, 4.69) is 17.2 Å². The molecule has 1 fully saturated rings. The summed E-state index contributed by atoms with van der Waals surface area (Å²) in [5.41, 5.74) is 2.13. The lowest BCUT2D eigenvalue weighted by atomic mass is 9.83. The van der Waals surface area contributed by atoms with Crippen LogP contribution < -0.4 is 5.32 Å². The lowest BCUT2D eigenvalue weighted by Gasteiger charge is -2.29. The van der Waals surface area contributed by atoms with Gasteiger partial charge in [-0.1, -0.05) is 19.8 Å². The average Bonchev–Trinajstić information content (AvgIpc) is 2.50. The molecule has 0 aromatic carbocycles. The molecule has 0 saturated heterocycles. The smallest absolute Gasteiger partial charge is 0.141 e. The number of aromatic hydroxyl groups is 1. The van der Waals surface area contributed by atoms with Crippen molar-refractivity contribution in [1.82, 2.24) is 10.3 Å². The number of aliphatic hydroxyl groups excluding tert-OH is 1. The van der Waals surface area contributed by atoms with E-state index in [-0.39, 0.29) is 12.4 Å². The molecule has 1 aliphatic rings. The molecule has 118 valence electrons. The third-order valence-corrected chi connectivity index (χ3v) is 4.71. The van der Waals surface area contributed by atoms with Gasteiger partial charge in [-0.2, -0.15) is 0 Å². The van der Waals surface area contributed by atoms with Gasteiger partial charge in [-0.3, -0.25) is 4.98 Å². The van der Waals surface area contributed by atoms with Gasteiger partial charge in [-0.05, 0) is 38.5 Å². The molecule has 0 bridgehead atoms. The maximum atomic E-state index is 10.1. The third-order valence-electron chi connectivity index (χ3n) is 4.71. The van der Waals surface area contributed by atoms with Gasteiger partial charge in [-0.15, -0.1) is 0 Å². The molecule has 0 amide bonds. The second-order valence-corrected chi connectivity index (χ2v) is 6.24. The molecule has 0 radical (unpaired) electrons. The average molecular weight is 292 g/mol. The molecule has 21 heavy (non-hydrogen) atoms. The normalized spacial score (nSPS) is 22.4. The van der Waals surface area contributed by atoms with E-state index >= 15 is 0 Å². The Morgan fingerprint density at radius 2 is 2.00 bits per heavy atom. The number of aliphatic hydroxyl groups is 1. The van der Waals surface area contributed by atoms with Crippen LogP contribution in [0.5, 0.6) is 5.75 Å². The summed E-state index contributed by atoms with van der Waals surface area (Å²) < 4.78 is 0. The minimum absolute atomic E-state index is 0.0822. The predicted octanol–water partition coefficient (Wildman–Crippen LogP) is 3.04. The van der Waals surface area contributed by atoms with Gasteiger partial charge in [0, 0.05) is 29.9 Å². The Bertz CT molecular complexity index is 454. The van der Waals surface area contributed by atoms with Crippen LogP contribution >= 0.6 is 0 Å². The number of aromatic nitrogens is 1. The van der Waals surface area contributed by atoms with Crippen LogP contribution in [0.3, 0.4) is 0 Å². The van der Waals surface area contributed by atoms with Crippen LogP contribution in [0.2, 0.25) is 0 Å². The first kappa shape index (κ1) is 16.2. The van der Waals surface area contributed by atoms with Crippen molar-refractivity contribution in [2.45, 2.75) is 71.6 Å². The number of hydrogen-bond donors (Lipinski definition) is 3. The number of pyridine rings is 1. The Labute approximate surface area is 127 Å². The van der Waals surface area contributed by atoms with Crippen molar-refractivity contribution >= 4 is 0 Å². The van der Waals surface area contributed by atoms with Gasteiger partial charge in [0.1, 0.15) is 5.75 Å². The highest BCUT2D eigenvalue weighted by Gasteiger charge is 2.21. The highest BCUT2D eigenvalue weighted by atomic mass is 16.3. The summed E-state index contributed by atoms with van der Waals surface area (Å²) in [6.07, 6.45) is 9.33. The Hall–Kier alpha value is -1.13. The van der Waals surface area contributed by atoms with Crippen LogP contribution in [-0.4, -0.2) is 21.2 Å². The van der Waals surface area contributed by atoms with E-state index in [0.717, 1.165) is 11.5 Å². The highest BCUT2D eigenvalue weighted by Crippen LogP contribution is 2.29. The van der Waals surface area contributed by atoms with Gasteiger partial charge >= 0.3 is 0 Å². The van der Waals surface area contributed by atoms with Crippen LogP contribution in [0.15, 0.2) is 6.20 Å². The standard InChI is InChI=1S/C17H28N2O2/c1-3-4-13-5-7-15(8-6-13)19-10-16-14(11-20)9-18-12(2)17(16)21/h9,13,15,19-21H,3-8,10-11H2,1-2H3. The van der Waals surface area contributed by atoms with Crippen molar-refractivity contribution in [3.05, 3.63) is 23.0 Å². The van der Waals surface area contributed by atoms with Crippen molar-refractivity contribution in [3.8, 4) is 5.75 Å². The molecule has 0 atom stereocenters. The van der Waals surface area contributed by atoms with Gasteiger partial charge < -0.3 is 15.5 Å². The fourth-order valence-corrected chi connectivity index (χ4v) is 3.33. The summed E-state index contributed by atoms with van der Waals surface area (Å²) in [4.78, 5) is 4.10. The fourth-order valence-electron chi connectivity index (χ4n) is 3.33. The number of nitrogens with zero attached hydrogens (tertiary/aromatic N) is 1. The molecular weight excluding hydrogens is 264 g/mol. The summed E-state index contributed by atoms with van der Waals surface area (Å²) >= 11 is 0. The van der Waals surface area contributed by atoms with Crippen molar-refractivity contribution in [2.24, 2.45) is 5.92 Å². The largest absolute Gasteiger partial charge is 0.506 e. The molecular formula is C17H28N2O2. The van der Waals surface area contributed by atoms with Gasteiger partial charge in [0.05, 0.1) is 12.3 Å². The topological polar surface area (TPSA) is 65.4 Å². The summed E-state index contributed by atoms with van der Waals surface area (Å²) in [5.74, 6) is 1.12. The number of aryl methyl sites for hydroxylation is 1. The molecule has 2 rings (SSSR count). The highest BCUT2D eigenvalue weighted by molar-refractivity contribution is 5.40. The van der Waals surface area contributed by atoms with Crippen LogP contribution in [0, 0.1) is 12.8 Å². The molecule has 4 nitrogen and oxygen atoms in total. The zero-order valence-corrected chi connectivity index (χ0v) is 13.2. The minimum Gasteiger partial charge on any atom is -0.506 e. The summed E-state index contributed by atoms with van der Waals surface area (Å²) in [6.45, 7) is 4.57. The molecule has 1 heterocycles. The van der Waals surface area contributed by atoms with Crippen molar-refractivity contribution in [2.75, 3.05) is 0 Å². The second kappa shape index (κ2) is 7.76. The maximum absolute atomic E-state index is 10.1. The first-order valence-electron chi connectivity index (χ1n) is 8.16. The Balaban J connectivity index is 1.91. The molecule has 1 saturated carbocycles. The fraction of sp³-hybridized carbons (Fsp3) is 0.706. The lowest BCUT2D eigenvalue weighted by Crippen LogP contribution is -2.33. The molecule has 0 spiro atoms. The molecule has 0 unspecified atom stereocenters. The first-order chi connectivity index (χ1) is 10.2. The number of nitrogens with one attached hydrogen (secondary N) is 1. The number of rotatable bonds is 6. The van der Waals surface area contributed by atoms with Gasteiger partial charge in [0.2, 0.25) is 0 Å².